The molecule has 4 rings (SSSR count). The molecule has 0 saturated carbocycles. The van der Waals surface area contributed by atoms with Gasteiger partial charge in [-0.3, -0.25) is 9.78 Å². The summed E-state index contributed by atoms with van der Waals surface area (Å²) in [6.07, 6.45) is 6.54. The van der Waals surface area contributed by atoms with Crippen LogP contribution in [0.15, 0.2) is 75.9 Å². The number of anilines is 1. The molecule has 6 nitrogen and oxygen atoms in total. The topological polar surface area (TPSA) is 77.2 Å². The number of halogens is 1. The van der Waals surface area contributed by atoms with Gasteiger partial charge in [0.05, 0.1) is 12.7 Å². The van der Waals surface area contributed by atoms with E-state index in [9.17, 15) is 4.79 Å². The van der Waals surface area contributed by atoms with E-state index in [2.05, 4.69) is 31.2 Å². The van der Waals surface area contributed by atoms with Gasteiger partial charge in [-0.15, -0.1) is 0 Å². The van der Waals surface area contributed by atoms with Crippen LogP contribution in [0, 0.1) is 0 Å². The molecule has 0 atom stereocenters. The van der Waals surface area contributed by atoms with Crippen molar-refractivity contribution < 1.29 is 13.9 Å². The average Bonchev–Trinajstić information content (AvgIpc) is 3.16. The Kier molecular flexibility index (Phi) is 5.39. The highest BCUT2D eigenvalue weighted by atomic mass is 79.9. The second-order valence-electron chi connectivity index (χ2n) is 6.15. The van der Waals surface area contributed by atoms with Crippen molar-refractivity contribution in [1.82, 2.24) is 9.97 Å². The molecule has 7 heteroatoms. The maximum absolute atomic E-state index is 12.3. The molecule has 2 aromatic carbocycles. The number of ether oxygens (including phenoxy) is 1. The van der Waals surface area contributed by atoms with E-state index in [1.807, 2.05) is 30.3 Å². The van der Waals surface area contributed by atoms with Crippen molar-refractivity contribution in [3.05, 3.63) is 77.0 Å². The molecule has 4 aromatic rings. The van der Waals surface area contributed by atoms with Crippen LogP contribution in [0.25, 0.3) is 28.6 Å². The van der Waals surface area contributed by atoms with E-state index in [0.29, 0.717) is 28.4 Å². The molecule has 2 heterocycles. The predicted octanol–water partition coefficient (Wildman–Crippen LogP) is 5.31. The molecule has 1 amide bonds. The molecule has 29 heavy (non-hydrogen) atoms. The minimum absolute atomic E-state index is 0.262. The molecule has 1 N–H and O–H groups in total. The Morgan fingerprint density at radius 1 is 1.21 bits per heavy atom. The molecule has 0 spiro atoms. The first-order valence-electron chi connectivity index (χ1n) is 8.76. The fraction of sp³-hybridized carbons (Fsp3) is 0.0455. The lowest BCUT2D eigenvalue weighted by Crippen LogP contribution is -2.07. The van der Waals surface area contributed by atoms with Gasteiger partial charge in [-0.1, -0.05) is 15.9 Å². The number of amides is 1. The molecule has 0 fully saturated rings. The number of oxazole rings is 1. The molecule has 2 aromatic heterocycles. The predicted molar refractivity (Wildman–Crippen MR) is 116 cm³/mol. The van der Waals surface area contributed by atoms with Crippen molar-refractivity contribution in [3.8, 4) is 17.2 Å². The van der Waals surface area contributed by atoms with Crippen molar-refractivity contribution in [2.24, 2.45) is 0 Å². The monoisotopic (exact) mass is 449 g/mol. The summed E-state index contributed by atoms with van der Waals surface area (Å²) in [5.41, 5.74) is 3.50. The van der Waals surface area contributed by atoms with Gasteiger partial charge in [0.25, 0.3) is 0 Å². The number of fused-ring (bicyclic) bond motifs is 1. The average molecular weight is 450 g/mol. The number of rotatable bonds is 5. The summed E-state index contributed by atoms with van der Waals surface area (Å²) < 4.78 is 12.0. The van der Waals surface area contributed by atoms with Crippen LogP contribution >= 0.6 is 15.9 Å². The lowest BCUT2D eigenvalue weighted by Gasteiger charge is -2.05. The quantitative estimate of drug-likeness (QED) is 0.417. The summed E-state index contributed by atoms with van der Waals surface area (Å²) in [5, 5.41) is 2.83. The maximum Gasteiger partial charge on any atom is 0.248 e. The third kappa shape index (κ3) is 4.35. The van der Waals surface area contributed by atoms with Crippen LogP contribution in [0.1, 0.15) is 5.56 Å². The number of carbonyl (C=O) groups excluding carboxylic acids is 1. The Morgan fingerprint density at radius 3 is 2.90 bits per heavy atom. The number of hydrogen-bond donors (Lipinski definition) is 1. The summed E-state index contributed by atoms with van der Waals surface area (Å²) in [7, 11) is 1.59. The van der Waals surface area contributed by atoms with Gasteiger partial charge in [0.2, 0.25) is 11.8 Å². The van der Waals surface area contributed by atoms with E-state index in [-0.39, 0.29) is 5.91 Å². The standard InChI is InChI=1S/C22H16BrN3O3/c1-28-19-7-5-16(23)11-14(19)4-9-21(27)25-17-6-8-20-18(12-17)26-22(29-20)15-3-2-10-24-13-15/h2-13H,1H3,(H,25,27)/b9-4+. The normalized spacial score (nSPS) is 11.1. The third-order valence-electron chi connectivity index (χ3n) is 4.17. The molecular formula is C22H16BrN3O3. The number of nitrogens with one attached hydrogen (secondary N) is 1. The van der Waals surface area contributed by atoms with Gasteiger partial charge in [-0.25, -0.2) is 4.98 Å². The Bertz CT molecular complexity index is 1200. The van der Waals surface area contributed by atoms with Crippen molar-refractivity contribution in [1.29, 1.82) is 0 Å². The second-order valence-corrected chi connectivity index (χ2v) is 7.07. The second kappa shape index (κ2) is 8.28. The van der Waals surface area contributed by atoms with Crippen LogP contribution in [0.2, 0.25) is 0 Å². The van der Waals surface area contributed by atoms with E-state index in [0.717, 1.165) is 15.6 Å². The summed E-state index contributed by atoms with van der Waals surface area (Å²) in [4.78, 5) is 20.9. The van der Waals surface area contributed by atoms with E-state index in [4.69, 9.17) is 9.15 Å². The third-order valence-corrected chi connectivity index (χ3v) is 4.66. The Balaban J connectivity index is 1.52. The Morgan fingerprint density at radius 2 is 2.10 bits per heavy atom. The lowest BCUT2D eigenvalue weighted by atomic mass is 10.2. The van der Waals surface area contributed by atoms with Gasteiger partial charge in [-0.05, 0) is 54.6 Å². The van der Waals surface area contributed by atoms with E-state index < -0.39 is 0 Å². The highest BCUT2D eigenvalue weighted by Crippen LogP contribution is 2.26. The van der Waals surface area contributed by atoms with Crippen LogP contribution < -0.4 is 10.1 Å². The van der Waals surface area contributed by atoms with Gasteiger partial charge in [0, 0.05) is 34.2 Å². The zero-order valence-electron chi connectivity index (χ0n) is 15.4. The number of benzene rings is 2. The van der Waals surface area contributed by atoms with Crippen LogP contribution in [0.4, 0.5) is 5.69 Å². The highest BCUT2D eigenvalue weighted by molar-refractivity contribution is 9.10. The van der Waals surface area contributed by atoms with Gasteiger partial charge in [0.1, 0.15) is 11.3 Å². The van der Waals surface area contributed by atoms with Gasteiger partial charge in [-0.2, -0.15) is 0 Å². The molecule has 144 valence electrons. The number of nitrogens with zero attached hydrogens (tertiary/aromatic N) is 2. The molecule has 0 aliphatic rings. The zero-order chi connectivity index (χ0) is 20.2. The number of methoxy groups -OCH3 is 1. The molecule has 0 radical (unpaired) electrons. The first-order chi connectivity index (χ1) is 14.1. The van der Waals surface area contributed by atoms with E-state index >= 15 is 0 Å². The SMILES string of the molecule is COc1ccc(Br)cc1/C=C/C(=O)Nc1ccc2oc(-c3cccnc3)nc2c1. The molecule has 0 saturated heterocycles. The molecule has 0 aliphatic carbocycles. The minimum Gasteiger partial charge on any atom is -0.496 e. The first-order valence-corrected chi connectivity index (χ1v) is 9.55. The highest BCUT2D eigenvalue weighted by Gasteiger charge is 2.09. The largest absolute Gasteiger partial charge is 0.496 e. The Labute approximate surface area is 175 Å². The summed E-state index contributed by atoms with van der Waals surface area (Å²) in [6, 6.07) is 14.6. The smallest absolute Gasteiger partial charge is 0.248 e. The van der Waals surface area contributed by atoms with Crippen molar-refractivity contribution in [3.63, 3.8) is 0 Å². The van der Waals surface area contributed by atoms with Gasteiger partial charge < -0.3 is 14.5 Å². The maximum atomic E-state index is 12.3. The van der Waals surface area contributed by atoms with Gasteiger partial charge in [0.15, 0.2) is 5.58 Å². The van der Waals surface area contributed by atoms with E-state index in [1.165, 1.54) is 6.08 Å². The van der Waals surface area contributed by atoms with Crippen LogP contribution in [-0.4, -0.2) is 23.0 Å². The lowest BCUT2D eigenvalue weighted by molar-refractivity contribution is -0.111. The van der Waals surface area contributed by atoms with Crippen LogP contribution in [-0.2, 0) is 4.79 Å². The van der Waals surface area contributed by atoms with Crippen LogP contribution in [0.3, 0.4) is 0 Å². The van der Waals surface area contributed by atoms with Crippen molar-refractivity contribution >= 4 is 44.7 Å². The van der Waals surface area contributed by atoms with Gasteiger partial charge >= 0.3 is 0 Å². The zero-order valence-corrected chi connectivity index (χ0v) is 17.0. The number of aromatic nitrogens is 2. The van der Waals surface area contributed by atoms with E-state index in [1.54, 1.807) is 43.8 Å². The number of hydrogen-bond acceptors (Lipinski definition) is 5. The van der Waals surface area contributed by atoms with Crippen molar-refractivity contribution in [2.45, 2.75) is 0 Å². The van der Waals surface area contributed by atoms with Crippen LogP contribution in [0.5, 0.6) is 5.75 Å². The summed E-state index contributed by atoms with van der Waals surface area (Å²) in [6.45, 7) is 0. The fourth-order valence-electron chi connectivity index (χ4n) is 2.80. The summed E-state index contributed by atoms with van der Waals surface area (Å²) >= 11 is 3.42. The minimum atomic E-state index is -0.262. The summed E-state index contributed by atoms with van der Waals surface area (Å²) in [5.74, 6) is 0.907. The first kappa shape index (κ1) is 18.9. The molecule has 0 unspecified atom stereocenters. The molecule has 0 aliphatic heterocycles. The number of carbonyl (C=O) groups is 1. The van der Waals surface area contributed by atoms with Crippen molar-refractivity contribution in [2.75, 3.05) is 12.4 Å². The fourth-order valence-corrected chi connectivity index (χ4v) is 3.18. The number of pyridine rings is 1. The Hall–Kier alpha value is -3.45. The molecule has 0 bridgehead atoms. The molecular weight excluding hydrogens is 434 g/mol.